The zero-order chi connectivity index (χ0) is 13.8. The lowest BCUT2D eigenvalue weighted by molar-refractivity contribution is -0.141. The van der Waals surface area contributed by atoms with Crippen LogP contribution in [0.25, 0.3) is 0 Å². The molecule has 0 saturated heterocycles. The maximum atomic E-state index is 12.4. The van der Waals surface area contributed by atoms with Gasteiger partial charge in [0, 0.05) is 12.6 Å². The standard InChI is InChI=1S/C14H19NO4/c1-10(14(17)18)9-15(11-5-2-3-6-11)13(16)12-7-4-8-19-12/h4,7-8,10-11H,2-3,5-6,9H2,1H3,(H,17,18). The second kappa shape index (κ2) is 5.91. The molecule has 5 nitrogen and oxygen atoms in total. The maximum absolute atomic E-state index is 12.4. The average molecular weight is 265 g/mol. The summed E-state index contributed by atoms with van der Waals surface area (Å²) in [6.45, 7) is 1.86. The Morgan fingerprint density at radius 3 is 2.68 bits per heavy atom. The quantitative estimate of drug-likeness (QED) is 0.887. The summed E-state index contributed by atoms with van der Waals surface area (Å²) in [6.07, 6.45) is 5.53. The van der Waals surface area contributed by atoms with E-state index in [1.54, 1.807) is 24.0 Å². The number of rotatable bonds is 5. The van der Waals surface area contributed by atoms with Crippen molar-refractivity contribution in [3.8, 4) is 0 Å². The van der Waals surface area contributed by atoms with Crippen LogP contribution in [0.5, 0.6) is 0 Å². The van der Waals surface area contributed by atoms with Crippen LogP contribution in [0.15, 0.2) is 22.8 Å². The highest BCUT2D eigenvalue weighted by molar-refractivity contribution is 5.92. The molecule has 1 amide bonds. The zero-order valence-electron chi connectivity index (χ0n) is 11.0. The Morgan fingerprint density at radius 2 is 2.16 bits per heavy atom. The van der Waals surface area contributed by atoms with Gasteiger partial charge in [-0.1, -0.05) is 19.8 Å². The lowest BCUT2D eigenvalue weighted by Crippen LogP contribution is -2.42. The number of hydrogen-bond donors (Lipinski definition) is 1. The maximum Gasteiger partial charge on any atom is 0.308 e. The molecule has 1 aromatic heterocycles. The molecule has 19 heavy (non-hydrogen) atoms. The van der Waals surface area contributed by atoms with Gasteiger partial charge in [0.1, 0.15) is 0 Å². The van der Waals surface area contributed by atoms with E-state index in [4.69, 9.17) is 9.52 Å². The zero-order valence-corrected chi connectivity index (χ0v) is 11.0. The number of hydrogen-bond acceptors (Lipinski definition) is 3. The second-order valence-electron chi connectivity index (χ2n) is 5.11. The van der Waals surface area contributed by atoms with Crippen molar-refractivity contribution in [2.75, 3.05) is 6.54 Å². The lowest BCUT2D eigenvalue weighted by atomic mass is 10.1. The molecule has 1 aromatic rings. The minimum absolute atomic E-state index is 0.138. The topological polar surface area (TPSA) is 70.8 Å². The number of carbonyl (C=O) groups is 2. The van der Waals surface area contributed by atoms with E-state index in [2.05, 4.69) is 0 Å². The molecule has 1 N–H and O–H groups in total. The number of carboxylic acids is 1. The molecule has 0 bridgehead atoms. The summed E-state index contributed by atoms with van der Waals surface area (Å²) in [5.41, 5.74) is 0. The highest BCUT2D eigenvalue weighted by atomic mass is 16.4. The molecule has 0 aliphatic heterocycles. The van der Waals surface area contributed by atoms with Gasteiger partial charge < -0.3 is 14.4 Å². The summed E-state index contributed by atoms with van der Waals surface area (Å²) in [4.78, 5) is 25.1. The van der Waals surface area contributed by atoms with Gasteiger partial charge in [0.2, 0.25) is 0 Å². The highest BCUT2D eigenvalue weighted by Gasteiger charge is 2.31. The molecule has 0 spiro atoms. The van der Waals surface area contributed by atoms with E-state index in [0.29, 0.717) is 0 Å². The number of carboxylic acid groups (broad SMARTS) is 1. The SMILES string of the molecule is CC(CN(C(=O)c1ccco1)C1CCCC1)C(=O)O. The second-order valence-corrected chi connectivity index (χ2v) is 5.11. The molecule has 1 unspecified atom stereocenters. The van der Waals surface area contributed by atoms with Gasteiger partial charge >= 0.3 is 5.97 Å². The molecular formula is C14H19NO4. The minimum Gasteiger partial charge on any atom is -0.481 e. The summed E-state index contributed by atoms with van der Waals surface area (Å²) in [6, 6.07) is 3.43. The summed E-state index contributed by atoms with van der Waals surface area (Å²) in [5.74, 6) is -1.37. The Hall–Kier alpha value is -1.78. The smallest absolute Gasteiger partial charge is 0.308 e. The van der Waals surface area contributed by atoms with E-state index in [0.717, 1.165) is 25.7 Å². The van der Waals surface area contributed by atoms with E-state index in [1.165, 1.54) is 6.26 Å². The average Bonchev–Trinajstić information content (AvgIpc) is 3.06. The largest absolute Gasteiger partial charge is 0.481 e. The molecule has 1 saturated carbocycles. The van der Waals surface area contributed by atoms with Crippen molar-refractivity contribution in [3.63, 3.8) is 0 Å². The lowest BCUT2D eigenvalue weighted by Gasteiger charge is -2.29. The van der Waals surface area contributed by atoms with Crippen molar-refractivity contribution >= 4 is 11.9 Å². The number of amides is 1. The third kappa shape index (κ3) is 3.16. The van der Waals surface area contributed by atoms with Crippen molar-refractivity contribution in [1.82, 2.24) is 4.90 Å². The Balaban J connectivity index is 2.13. The summed E-state index contributed by atoms with van der Waals surface area (Å²) < 4.78 is 5.14. The molecule has 0 aromatic carbocycles. The predicted molar refractivity (Wildman–Crippen MR) is 68.8 cm³/mol. The number of nitrogens with zero attached hydrogens (tertiary/aromatic N) is 1. The summed E-state index contributed by atoms with van der Waals surface area (Å²) in [7, 11) is 0. The van der Waals surface area contributed by atoms with Gasteiger partial charge in [-0.15, -0.1) is 0 Å². The van der Waals surface area contributed by atoms with Crippen LogP contribution < -0.4 is 0 Å². The van der Waals surface area contributed by atoms with Crippen LogP contribution in [0.1, 0.15) is 43.2 Å². The van der Waals surface area contributed by atoms with Gasteiger partial charge in [0.05, 0.1) is 12.2 Å². The van der Waals surface area contributed by atoms with Crippen LogP contribution in [-0.4, -0.2) is 34.5 Å². The first-order valence-corrected chi connectivity index (χ1v) is 6.67. The van der Waals surface area contributed by atoms with Gasteiger partial charge in [-0.3, -0.25) is 9.59 Å². The van der Waals surface area contributed by atoms with E-state index in [9.17, 15) is 9.59 Å². The van der Waals surface area contributed by atoms with Crippen molar-refractivity contribution in [1.29, 1.82) is 0 Å². The first-order chi connectivity index (χ1) is 9.09. The normalized spacial score (nSPS) is 17.3. The van der Waals surface area contributed by atoms with E-state index >= 15 is 0 Å². The molecule has 5 heteroatoms. The van der Waals surface area contributed by atoms with Crippen molar-refractivity contribution in [3.05, 3.63) is 24.2 Å². The molecule has 1 aliphatic rings. The van der Waals surface area contributed by atoms with Crippen LogP contribution in [0, 0.1) is 5.92 Å². The first-order valence-electron chi connectivity index (χ1n) is 6.67. The van der Waals surface area contributed by atoms with Crippen molar-refractivity contribution in [2.24, 2.45) is 5.92 Å². The van der Waals surface area contributed by atoms with Crippen LogP contribution in [0.3, 0.4) is 0 Å². The van der Waals surface area contributed by atoms with Crippen LogP contribution in [0.2, 0.25) is 0 Å². The molecule has 104 valence electrons. The Labute approximate surface area is 112 Å². The molecular weight excluding hydrogens is 246 g/mol. The first kappa shape index (κ1) is 13.6. The fourth-order valence-corrected chi connectivity index (χ4v) is 2.53. The molecule has 1 atom stereocenters. The summed E-state index contributed by atoms with van der Waals surface area (Å²) >= 11 is 0. The molecule has 1 heterocycles. The van der Waals surface area contributed by atoms with Gasteiger partial charge in [0.25, 0.3) is 5.91 Å². The van der Waals surface area contributed by atoms with Crippen LogP contribution >= 0.6 is 0 Å². The highest BCUT2D eigenvalue weighted by Crippen LogP contribution is 2.26. The third-order valence-electron chi connectivity index (χ3n) is 3.65. The van der Waals surface area contributed by atoms with Crippen molar-refractivity contribution in [2.45, 2.75) is 38.6 Å². The van der Waals surface area contributed by atoms with Gasteiger partial charge in [-0.05, 0) is 25.0 Å². The fourth-order valence-electron chi connectivity index (χ4n) is 2.53. The Bertz CT molecular complexity index is 434. The monoisotopic (exact) mass is 265 g/mol. The molecule has 0 radical (unpaired) electrons. The van der Waals surface area contributed by atoms with Gasteiger partial charge in [-0.2, -0.15) is 0 Å². The third-order valence-corrected chi connectivity index (χ3v) is 3.65. The van der Waals surface area contributed by atoms with Crippen LogP contribution in [0.4, 0.5) is 0 Å². The molecule has 2 rings (SSSR count). The van der Waals surface area contributed by atoms with Crippen molar-refractivity contribution < 1.29 is 19.1 Å². The van der Waals surface area contributed by atoms with Gasteiger partial charge in [-0.25, -0.2) is 0 Å². The molecule has 1 fully saturated rings. The Morgan fingerprint density at radius 1 is 1.47 bits per heavy atom. The van der Waals surface area contributed by atoms with Gasteiger partial charge in [0.15, 0.2) is 5.76 Å². The van der Waals surface area contributed by atoms with Crippen LogP contribution in [-0.2, 0) is 4.79 Å². The van der Waals surface area contributed by atoms with E-state index in [1.807, 2.05) is 0 Å². The van der Waals surface area contributed by atoms with E-state index in [-0.39, 0.29) is 24.3 Å². The fraction of sp³-hybridized carbons (Fsp3) is 0.571. The Kier molecular flexibility index (Phi) is 4.24. The number of furan rings is 1. The summed E-state index contributed by atoms with van der Waals surface area (Å²) in [5, 5.41) is 9.02. The predicted octanol–water partition coefficient (Wildman–Crippen LogP) is 2.39. The minimum atomic E-state index is -0.879. The van der Waals surface area contributed by atoms with E-state index < -0.39 is 11.9 Å². The number of aliphatic carboxylic acids is 1. The molecule has 1 aliphatic carbocycles. The number of carbonyl (C=O) groups excluding carboxylic acids is 1.